The number of carbonyl (C=O) groups excluding carboxylic acids is 2. The smallest absolute Gasteiger partial charge is 0.336 e. The first-order chi connectivity index (χ1) is 21.2. The molecule has 0 heterocycles. The van der Waals surface area contributed by atoms with Crippen molar-refractivity contribution >= 4 is 40.2 Å². The van der Waals surface area contributed by atoms with E-state index >= 15 is 4.39 Å². The van der Waals surface area contributed by atoms with Gasteiger partial charge in [0.2, 0.25) is 5.12 Å². The number of phenolic OH excluding ortho intramolecular Hbond substituents is 1. The van der Waals surface area contributed by atoms with Crippen molar-refractivity contribution in [2.24, 2.45) is 22.7 Å². The molecule has 7 atom stereocenters. The highest BCUT2D eigenvalue weighted by Crippen LogP contribution is 2.72. The predicted molar refractivity (Wildman–Crippen MR) is 165 cm³/mol. The quantitative estimate of drug-likeness (QED) is 0.295. The van der Waals surface area contributed by atoms with Crippen LogP contribution in [0.5, 0.6) is 17.2 Å². The Kier molecular flexibility index (Phi) is 7.73. The molecule has 0 aliphatic heterocycles. The molecule has 45 heavy (non-hydrogen) atoms. The summed E-state index contributed by atoms with van der Waals surface area (Å²) in [7, 11) is 0. The van der Waals surface area contributed by atoms with Gasteiger partial charge >= 0.3 is 5.97 Å². The predicted octanol–water partition coefficient (Wildman–Crippen LogP) is 7.33. The van der Waals surface area contributed by atoms with Crippen LogP contribution in [0, 0.1) is 22.7 Å². The van der Waals surface area contributed by atoms with Gasteiger partial charge in [0, 0.05) is 17.4 Å². The lowest BCUT2D eigenvalue weighted by molar-refractivity contribution is -0.197. The number of aliphatic hydroxyl groups is 1. The summed E-state index contributed by atoms with van der Waals surface area (Å²) in [5, 5.41) is 31.7. The number of hydrogen-bond donors (Lipinski definition) is 3. The fourth-order valence-corrected chi connectivity index (χ4v) is 10.0. The van der Waals surface area contributed by atoms with E-state index in [1.165, 1.54) is 48.6 Å². The number of ketones is 1. The zero-order valence-corrected chi connectivity index (χ0v) is 26.3. The summed E-state index contributed by atoms with van der Waals surface area (Å²) >= 11 is 6.36. The molecule has 3 N–H and O–H groups in total. The molecule has 2 aromatic rings. The highest BCUT2D eigenvalue weighted by Gasteiger charge is 2.74. The molecule has 0 aromatic heterocycles. The molecular weight excluding hydrogens is 626 g/mol. The minimum atomic E-state index is -2.15. The first-order valence-corrected chi connectivity index (χ1v) is 16.2. The molecule has 2 aromatic carbocycles. The Morgan fingerprint density at radius 2 is 1.82 bits per heavy atom. The second-order valence-electron chi connectivity index (χ2n) is 13.0. The third-order valence-electron chi connectivity index (χ3n) is 11.2. The summed E-state index contributed by atoms with van der Waals surface area (Å²) in [6, 6.07) is 7.36. The Morgan fingerprint density at radius 1 is 1.11 bits per heavy atom. The minimum Gasteiger partial charge on any atom is -0.506 e. The van der Waals surface area contributed by atoms with E-state index in [0.29, 0.717) is 36.6 Å². The number of thioether (sulfide) groups is 1. The van der Waals surface area contributed by atoms with Gasteiger partial charge in [-0.25, -0.2) is 13.6 Å². The molecule has 4 aliphatic carbocycles. The molecule has 0 amide bonds. The first-order valence-electron chi connectivity index (χ1n) is 14.8. The normalized spacial score (nSPS) is 35.2. The molecule has 3 fully saturated rings. The van der Waals surface area contributed by atoms with E-state index in [1.807, 2.05) is 0 Å². The lowest BCUT2D eigenvalue weighted by atomic mass is 9.43. The molecule has 3 saturated carbocycles. The van der Waals surface area contributed by atoms with Gasteiger partial charge in [0.25, 0.3) is 0 Å². The van der Waals surface area contributed by atoms with Gasteiger partial charge in [0.1, 0.15) is 23.3 Å². The largest absolute Gasteiger partial charge is 0.506 e. The molecule has 6 rings (SSSR count). The maximum absolute atomic E-state index is 17.7. The van der Waals surface area contributed by atoms with Crippen LogP contribution < -0.4 is 4.74 Å². The van der Waals surface area contributed by atoms with Crippen molar-refractivity contribution in [2.45, 2.75) is 63.1 Å². The van der Waals surface area contributed by atoms with Crippen LogP contribution in [-0.2, 0) is 15.0 Å². The number of aliphatic hydroxyl groups excluding tert-OH is 1. The van der Waals surface area contributed by atoms with E-state index in [1.54, 1.807) is 19.9 Å². The van der Waals surface area contributed by atoms with Crippen LogP contribution >= 0.6 is 23.4 Å². The summed E-state index contributed by atoms with van der Waals surface area (Å²) in [6.45, 7) is 3.48. The van der Waals surface area contributed by atoms with Crippen LogP contribution in [0.15, 0.2) is 60.2 Å². The lowest BCUT2D eigenvalue weighted by Gasteiger charge is -2.63. The molecule has 3 unspecified atom stereocenters. The molecule has 238 valence electrons. The number of carbonyl (C=O) groups is 3. The average Bonchev–Trinajstić information content (AvgIpc) is 3.29. The van der Waals surface area contributed by atoms with Gasteiger partial charge in [-0.3, -0.25) is 9.59 Å². The number of alkyl halides is 2. The van der Waals surface area contributed by atoms with E-state index in [9.17, 15) is 34.1 Å². The molecule has 4 aliphatic rings. The van der Waals surface area contributed by atoms with Crippen molar-refractivity contribution in [3.63, 3.8) is 0 Å². The van der Waals surface area contributed by atoms with Crippen molar-refractivity contribution in [3.05, 3.63) is 76.3 Å². The molecular formula is C34H33ClF2O7S. The molecule has 0 bridgehead atoms. The fraction of sp³-hybridized carbons (Fsp3) is 0.441. The average molecular weight is 659 g/mol. The third-order valence-corrected chi connectivity index (χ3v) is 12.2. The van der Waals surface area contributed by atoms with Crippen LogP contribution in [0.25, 0.3) is 0 Å². The standard InChI is InChI=1S/C34H33ClF2O7S/c1-31-11-9-19(38)13-18(31)3-7-24-23-10-12-33(30(43)45-17-36,32(23,2)16-28(40)34(24,31)37)25-14-20(4-6-22(25)29(41)42)44-21-5-8-26(35)27(39)15-21/h4-6,8-9,11,13-15,23-24,28,39-40H,3,7,10,12,16-17H2,1-2H3,(H,41,42)/t23?,24?,28-,31-,32-,33-,34?/m0/s1. The monoisotopic (exact) mass is 658 g/mol. The maximum Gasteiger partial charge on any atom is 0.336 e. The Hall–Kier alpha value is -3.21. The number of fused-ring (bicyclic) bond motifs is 5. The molecule has 0 spiro atoms. The first kappa shape index (κ1) is 31.8. The number of aromatic carboxylic acids is 1. The number of halogens is 3. The summed E-state index contributed by atoms with van der Waals surface area (Å²) in [4.78, 5) is 39.1. The SMILES string of the molecule is C[C@]12C=CC(=O)C=C1CCC1C3CC[C@@](C(=O)SCF)(c4cc(Oc5ccc(Cl)c(O)c5)ccc4C(=O)O)[C@@]3(C)C[C@H](O)C12F. The van der Waals surface area contributed by atoms with Crippen LogP contribution in [0.3, 0.4) is 0 Å². The van der Waals surface area contributed by atoms with Crippen molar-refractivity contribution in [3.8, 4) is 17.2 Å². The van der Waals surface area contributed by atoms with Crippen LogP contribution in [-0.4, -0.2) is 50.0 Å². The van der Waals surface area contributed by atoms with E-state index in [-0.39, 0.29) is 52.0 Å². The van der Waals surface area contributed by atoms with E-state index in [2.05, 4.69) is 0 Å². The number of ether oxygens (including phenoxy) is 1. The van der Waals surface area contributed by atoms with E-state index in [0.717, 1.165) is 0 Å². The van der Waals surface area contributed by atoms with Gasteiger partial charge in [-0.05, 0) is 98.4 Å². The van der Waals surface area contributed by atoms with Gasteiger partial charge < -0.3 is 20.1 Å². The summed E-state index contributed by atoms with van der Waals surface area (Å²) in [5.41, 5.74) is -5.63. The van der Waals surface area contributed by atoms with Gasteiger partial charge in [-0.15, -0.1) is 0 Å². The second-order valence-corrected chi connectivity index (χ2v) is 14.3. The summed E-state index contributed by atoms with van der Waals surface area (Å²) in [5.74, 6) is -2.59. The number of hydrogen-bond acceptors (Lipinski definition) is 7. The second kappa shape index (κ2) is 11.0. The molecule has 11 heteroatoms. The van der Waals surface area contributed by atoms with E-state index in [4.69, 9.17) is 16.3 Å². The number of carboxylic acid groups (broad SMARTS) is 1. The summed E-state index contributed by atoms with van der Waals surface area (Å²) in [6.07, 6.45) is 3.77. The van der Waals surface area contributed by atoms with Crippen molar-refractivity contribution in [1.82, 2.24) is 0 Å². The zero-order valence-electron chi connectivity index (χ0n) is 24.7. The number of carboxylic acids is 1. The van der Waals surface area contributed by atoms with Gasteiger partial charge in [-0.2, -0.15) is 0 Å². The van der Waals surface area contributed by atoms with Crippen LogP contribution in [0.1, 0.15) is 61.9 Å². The Labute approximate surface area is 268 Å². The van der Waals surface area contributed by atoms with Gasteiger partial charge in [0.15, 0.2) is 11.5 Å². The minimum absolute atomic E-state index is 0.103. The highest BCUT2D eigenvalue weighted by atomic mass is 35.5. The number of phenols is 1. The Balaban J connectivity index is 1.50. The van der Waals surface area contributed by atoms with Crippen molar-refractivity contribution in [2.75, 3.05) is 6.01 Å². The van der Waals surface area contributed by atoms with Crippen LogP contribution in [0.2, 0.25) is 5.02 Å². The topological polar surface area (TPSA) is 121 Å². The van der Waals surface area contributed by atoms with Gasteiger partial charge in [-0.1, -0.05) is 41.9 Å². The third kappa shape index (κ3) is 4.42. The maximum atomic E-state index is 17.7. The summed E-state index contributed by atoms with van der Waals surface area (Å²) < 4.78 is 37.6. The highest BCUT2D eigenvalue weighted by molar-refractivity contribution is 8.13. The van der Waals surface area contributed by atoms with Crippen molar-refractivity contribution < 1.29 is 43.2 Å². The molecule has 7 nitrogen and oxygen atoms in total. The lowest BCUT2D eigenvalue weighted by Crippen LogP contribution is -2.68. The van der Waals surface area contributed by atoms with E-state index < -0.39 is 56.9 Å². The van der Waals surface area contributed by atoms with Crippen LogP contribution in [0.4, 0.5) is 8.78 Å². The number of aromatic hydroxyl groups is 1. The fourth-order valence-electron chi connectivity index (χ4n) is 9.12. The molecule has 0 radical (unpaired) electrons. The number of rotatable bonds is 6. The number of allylic oxidation sites excluding steroid dienone is 4. The zero-order chi connectivity index (χ0) is 32.5. The molecule has 0 saturated heterocycles. The van der Waals surface area contributed by atoms with Gasteiger partial charge in [0.05, 0.1) is 22.1 Å². The van der Waals surface area contributed by atoms with Crippen molar-refractivity contribution in [1.29, 1.82) is 0 Å². The Morgan fingerprint density at radius 3 is 2.51 bits per heavy atom. The Bertz CT molecular complexity index is 1680. The number of benzene rings is 2.